The van der Waals surface area contributed by atoms with Crippen molar-refractivity contribution in [1.82, 2.24) is 10.2 Å². The number of para-hydroxylation sites is 8. The van der Waals surface area contributed by atoms with Crippen molar-refractivity contribution in [3.8, 4) is 45.9 Å². The molecule has 0 N–H and O–H groups in total. The van der Waals surface area contributed by atoms with Crippen LogP contribution in [0, 0.1) is 0 Å². The average molecular weight is 585 g/mol. The van der Waals surface area contributed by atoms with Gasteiger partial charge in [-0.15, -0.1) is 10.2 Å². The maximum atomic E-state index is 6.31. The summed E-state index contributed by atoms with van der Waals surface area (Å²) < 4.78 is 18.7. The van der Waals surface area contributed by atoms with Crippen LogP contribution in [-0.4, -0.2) is 10.2 Å². The van der Waals surface area contributed by atoms with Gasteiger partial charge in [0.25, 0.3) is 0 Å². The predicted octanol–water partition coefficient (Wildman–Crippen LogP) is 10.6. The molecule has 0 saturated carbocycles. The summed E-state index contributed by atoms with van der Waals surface area (Å²) in [6, 6.07) is 48.4. The molecule has 0 spiro atoms. The number of nitrogens with zero attached hydrogens (tertiary/aromatic N) is 4. The highest BCUT2D eigenvalue weighted by molar-refractivity contribution is 5.88. The van der Waals surface area contributed by atoms with Gasteiger partial charge in [0.15, 0.2) is 23.0 Å². The van der Waals surface area contributed by atoms with Gasteiger partial charge >= 0.3 is 0 Å². The van der Waals surface area contributed by atoms with Crippen molar-refractivity contribution in [3.63, 3.8) is 0 Å². The molecule has 9 rings (SSSR count). The Morgan fingerprint density at radius 1 is 0.378 bits per heavy atom. The van der Waals surface area contributed by atoms with E-state index in [-0.39, 0.29) is 0 Å². The smallest absolute Gasteiger partial charge is 0.248 e. The van der Waals surface area contributed by atoms with E-state index in [1.54, 1.807) is 0 Å². The van der Waals surface area contributed by atoms with E-state index in [1.807, 2.05) is 97.1 Å². The van der Waals surface area contributed by atoms with Gasteiger partial charge in [-0.1, -0.05) is 60.7 Å². The molecule has 7 heteroatoms. The highest BCUT2D eigenvalue weighted by atomic mass is 16.5. The third-order valence-corrected chi connectivity index (χ3v) is 7.99. The van der Waals surface area contributed by atoms with Crippen LogP contribution >= 0.6 is 0 Å². The molecule has 3 heterocycles. The van der Waals surface area contributed by atoms with Gasteiger partial charge in [0.2, 0.25) is 11.8 Å². The van der Waals surface area contributed by atoms with Crippen molar-refractivity contribution in [2.45, 2.75) is 0 Å². The number of rotatable bonds is 4. The Balaban J connectivity index is 1.08. The van der Waals surface area contributed by atoms with E-state index in [4.69, 9.17) is 13.9 Å². The first-order chi connectivity index (χ1) is 22.3. The van der Waals surface area contributed by atoms with Gasteiger partial charge < -0.3 is 23.7 Å². The normalized spacial score (nSPS) is 12.7. The largest absolute Gasteiger partial charge is 0.453 e. The molecule has 0 aliphatic carbocycles. The molecule has 0 unspecified atom stereocenters. The third-order valence-electron chi connectivity index (χ3n) is 7.99. The van der Waals surface area contributed by atoms with Crippen LogP contribution in [0.3, 0.4) is 0 Å². The number of anilines is 6. The van der Waals surface area contributed by atoms with Crippen molar-refractivity contribution in [2.24, 2.45) is 0 Å². The quantitative estimate of drug-likeness (QED) is 0.204. The molecule has 0 amide bonds. The van der Waals surface area contributed by atoms with Gasteiger partial charge in [-0.25, -0.2) is 0 Å². The number of aromatic nitrogens is 2. The fraction of sp³-hybridized carbons (Fsp3) is 0. The highest BCUT2D eigenvalue weighted by Crippen LogP contribution is 2.52. The van der Waals surface area contributed by atoms with Gasteiger partial charge in [0.05, 0.1) is 22.7 Å². The summed E-state index contributed by atoms with van der Waals surface area (Å²) in [5, 5.41) is 8.92. The monoisotopic (exact) mass is 584 g/mol. The lowest BCUT2D eigenvalue weighted by molar-refractivity contribution is 0.477. The van der Waals surface area contributed by atoms with Crippen LogP contribution < -0.4 is 19.3 Å². The van der Waals surface area contributed by atoms with Crippen LogP contribution in [0.15, 0.2) is 150 Å². The summed E-state index contributed by atoms with van der Waals surface area (Å²) >= 11 is 0. The van der Waals surface area contributed by atoms with E-state index in [1.165, 1.54) is 0 Å². The average Bonchev–Trinajstić information content (AvgIpc) is 3.60. The lowest BCUT2D eigenvalue weighted by atomic mass is 10.1. The molecule has 0 fully saturated rings. The molecule has 7 aromatic rings. The molecule has 1 aromatic heterocycles. The molecule has 6 aromatic carbocycles. The molecule has 45 heavy (non-hydrogen) atoms. The zero-order chi connectivity index (χ0) is 29.7. The Labute approximate surface area is 259 Å². The Bertz CT molecular complexity index is 1980. The predicted molar refractivity (Wildman–Crippen MR) is 175 cm³/mol. The van der Waals surface area contributed by atoms with Crippen LogP contribution in [0.2, 0.25) is 0 Å². The van der Waals surface area contributed by atoms with Crippen molar-refractivity contribution >= 4 is 34.1 Å². The molecule has 0 bridgehead atoms. The summed E-state index contributed by atoms with van der Waals surface area (Å²) in [7, 11) is 0. The number of fused-ring (bicyclic) bond motifs is 4. The summed E-state index contributed by atoms with van der Waals surface area (Å²) in [4.78, 5) is 4.38. The fourth-order valence-corrected chi connectivity index (χ4v) is 5.98. The van der Waals surface area contributed by atoms with E-state index >= 15 is 0 Å². The minimum atomic E-state index is 0.439. The minimum Gasteiger partial charge on any atom is -0.453 e. The Morgan fingerprint density at radius 2 is 0.733 bits per heavy atom. The zero-order valence-electron chi connectivity index (χ0n) is 23.9. The molecule has 0 saturated heterocycles. The molecule has 2 aliphatic heterocycles. The first kappa shape index (κ1) is 25.2. The maximum Gasteiger partial charge on any atom is 0.248 e. The second-order valence-corrected chi connectivity index (χ2v) is 10.8. The first-order valence-corrected chi connectivity index (χ1v) is 14.7. The molecule has 0 atom stereocenters. The van der Waals surface area contributed by atoms with E-state index in [0.29, 0.717) is 11.8 Å². The number of hydrogen-bond donors (Lipinski definition) is 0. The Morgan fingerprint density at radius 3 is 1.11 bits per heavy atom. The van der Waals surface area contributed by atoms with E-state index in [2.05, 4.69) is 68.5 Å². The van der Waals surface area contributed by atoms with Gasteiger partial charge in [-0.05, 0) is 84.9 Å². The van der Waals surface area contributed by atoms with Crippen LogP contribution in [0.5, 0.6) is 23.0 Å². The summed E-state index contributed by atoms with van der Waals surface area (Å²) in [6.07, 6.45) is 0. The highest BCUT2D eigenvalue weighted by Gasteiger charge is 2.27. The topological polar surface area (TPSA) is 63.9 Å². The first-order valence-electron chi connectivity index (χ1n) is 14.7. The third kappa shape index (κ3) is 4.21. The summed E-state index contributed by atoms with van der Waals surface area (Å²) in [5.41, 5.74) is 7.40. The SMILES string of the molecule is c1cc(-c2nnc(-c3cccc(N4c5ccccc5Oc5ccccc54)c3)o2)cc(N2c3ccccc3Oc3ccccc32)c1. The molecule has 0 radical (unpaired) electrons. The van der Waals surface area contributed by atoms with Crippen LogP contribution in [0.1, 0.15) is 0 Å². The molecule has 2 aliphatic rings. The van der Waals surface area contributed by atoms with Crippen molar-refractivity contribution < 1.29 is 13.9 Å². The van der Waals surface area contributed by atoms with Gasteiger partial charge in [-0.3, -0.25) is 0 Å². The Kier molecular flexibility index (Phi) is 5.67. The fourth-order valence-electron chi connectivity index (χ4n) is 5.98. The lowest BCUT2D eigenvalue weighted by Gasteiger charge is -2.32. The van der Waals surface area contributed by atoms with Crippen LogP contribution in [-0.2, 0) is 0 Å². The second-order valence-electron chi connectivity index (χ2n) is 10.8. The zero-order valence-corrected chi connectivity index (χ0v) is 23.9. The van der Waals surface area contributed by atoms with Crippen LogP contribution in [0.25, 0.3) is 22.9 Å². The molecule has 7 nitrogen and oxygen atoms in total. The van der Waals surface area contributed by atoms with E-state index < -0.39 is 0 Å². The summed E-state index contributed by atoms with van der Waals surface area (Å²) in [5.74, 6) is 4.07. The minimum absolute atomic E-state index is 0.439. The lowest BCUT2D eigenvalue weighted by Crippen LogP contribution is -2.15. The van der Waals surface area contributed by atoms with E-state index in [0.717, 1.165) is 68.2 Å². The van der Waals surface area contributed by atoms with Crippen molar-refractivity contribution in [3.05, 3.63) is 146 Å². The standard InChI is InChI=1S/C38H24N4O3/c1-5-19-33-29(15-1)41(30-16-2-6-20-34(30)43-33)27-13-9-11-25(23-27)37-39-40-38(45-37)26-12-10-14-28(24-26)42-31-17-3-7-21-35(31)44-36-22-8-4-18-32(36)42/h1-24H. The summed E-state index contributed by atoms with van der Waals surface area (Å²) in [6.45, 7) is 0. The Hall–Kier alpha value is -6.34. The van der Waals surface area contributed by atoms with E-state index in [9.17, 15) is 0 Å². The number of benzene rings is 6. The second kappa shape index (κ2) is 10.1. The van der Waals surface area contributed by atoms with Gasteiger partial charge in [0, 0.05) is 22.5 Å². The molecule has 214 valence electrons. The number of ether oxygens (including phenoxy) is 2. The molecular weight excluding hydrogens is 560 g/mol. The number of hydrogen-bond acceptors (Lipinski definition) is 7. The van der Waals surface area contributed by atoms with Crippen LogP contribution in [0.4, 0.5) is 34.1 Å². The van der Waals surface area contributed by atoms with Gasteiger partial charge in [-0.2, -0.15) is 0 Å². The van der Waals surface area contributed by atoms with Crippen molar-refractivity contribution in [2.75, 3.05) is 9.80 Å². The molecular formula is C38H24N4O3. The van der Waals surface area contributed by atoms with Gasteiger partial charge in [0.1, 0.15) is 0 Å². The van der Waals surface area contributed by atoms with Crippen molar-refractivity contribution in [1.29, 1.82) is 0 Å². The maximum absolute atomic E-state index is 6.31.